The zero-order valence-corrected chi connectivity index (χ0v) is 19.7. The number of rotatable bonds is 2. The van der Waals surface area contributed by atoms with Crippen LogP contribution in [0.5, 0.6) is 5.75 Å². The number of aliphatic hydroxyl groups is 1. The number of ether oxygens (including phenoxy) is 2. The monoisotopic (exact) mass is 477 g/mol. The predicted molar refractivity (Wildman–Crippen MR) is 128 cm³/mol. The largest absolute Gasteiger partial charge is 0.478 e. The van der Waals surface area contributed by atoms with Crippen molar-refractivity contribution in [3.05, 3.63) is 56.9 Å². The van der Waals surface area contributed by atoms with E-state index < -0.39 is 12.0 Å². The van der Waals surface area contributed by atoms with Gasteiger partial charge in [-0.25, -0.2) is 9.37 Å². The molecule has 5 heterocycles. The number of hydrogen-bond donors (Lipinski definition) is 1. The Morgan fingerprint density at radius 2 is 2.03 bits per heavy atom. The number of nitrogens with zero attached hydrogens (tertiary/aromatic N) is 3. The number of aromatic nitrogens is 2. The summed E-state index contributed by atoms with van der Waals surface area (Å²) in [6, 6.07) is 8.38. The molecule has 3 aromatic rings. The predicted octanol–water partition coefficient (Wildman–Crippen LogP) is 3.94. The number of alkyl halides is 1. The smallest absolute Gasteiger partial charge is 0.257 e. The van der Waals surface area contributed by atoms with Gasteiger partial charge >= 0.3 is 0 Å². The van der Waals surface area contributed by atoms with Gasteiger partial charge in [0, 0.05) is 40.2 Å². The van der Waals surface area contributed by atoms with E-state index >= 15 is 0 Å². The van der Waals surface area contributed by atoms with Gasteiger partial charge in [0.15, 0.2) is 0 Å². The van der Waals surface area contributed by atoms with Crippen LogP contribution >= 0.6 is 0 Å². The first-order chi connectivity index (χ1) is 17.0. The number of fused-ring (bicyclic) bond motifs is 7. The third kappa shape index (κ3) is 3.00. The first-order valence-corrected chi connectivity index (χ1v) is 12.6. The maximum Gasteiger partial charge on any atom is 0.257 e. The highest BCUT2D eigenvalue weighted by atomic mass is 19.1. The van der Waals surface area contributed by atoms with Crippen LogP contribution in [-0.4, -0.2) is 38.7 Å². The fraction of sp³-hybridized carbons (Fsp3) is 0.481. The molecule has 0 radical (unpaired) electrons. The van der Waals surface area contributed by atoms with Crippen LogP contribution in [0.4, 0.5) is 4.39 Å². The molecule has 1 fully saturated rings. The van der Waals surface area contributed by atoms with Crippen LogP contribution < -0.4 is 10.3 Å². The fourth-order valence-corrected chi connectivity index (χ4v) is 6.38. The maximum atomic E-state index is 14.6. The summed E-state index contributed by atoms with van der Waals surface area (Å²) in [5.41, 5.74) is 2.80. The minimum absolute atomic E-state index is 0.103. The molecule has 7 rings (SSSR count). The molecular formula is C27H28FN3O4. The zero-order chi connectivity index (χ0) is 23.9. The molecule has 0 unspecified atom stereocenters. The lowest BCUT2D eigenvalue weighted by Crippen LogP contribution is -2.45. The minimum Gasteiger partial charge on any atom is -0.478 e. The van der Waals surface area contributed by atoms with Crippen molar-refractivity contribution in [2.45, 2.75) is 76.7 Å². The molecule has 0 amide bonds. The van der Waals surface area contributed by atoms with E-state index in [9.17, 15) is 14.3 Å². The molecule has 2 atom stereocenters. The van der Waals surface area contributed by atoms with Crippen LogP contribution in [0.25, 0.3) is 22.3 Å². The van der Waals surface area contributed by atoms with Crippen LogP contribution in [0.1, 0.15) is 61.3 Å². The average Bonchev–Trinajstić information content (AvgIpc) is 3.54. The SMILES string of the molecule is CC[C@]1(O)c2cc3n(c(=O)c2CO[C@H]1F)Cc1cc2c4c(ccc2nc1-3)OCN(C1CCCC1)C4. The standard InChI is InChI=1S/C27H28FN3O4/c1-2-27(33)20-10-22-24-15(11-31(22)25(32)19(20)13-34-26(27)28)9-17-18-12-30(16-5-3-4-6-16)14-35-23(18)8-7-21(17)29-24/h7-10,16,26,33H,2-6,11-14H2,1H3/t26-,27+/m1/s1. The van der Waals surface area contributed by atoms with Gasteiger partial charge < -0.3 is 19.1 Å². The molecule has 7 nitrogen and oxygen atoms in total. The Kier molecular flexibility index (Phi) is 4.66. The molecule has 1 aliphatic carbocycles. The Bertz CT molecular complexity index is 1430. The zero-order valence-electron chi connectivity index (χ0n) is 19.7. The van der Waals surface area contributed by atoms with Crippen molar-refractivity contribution >= 4 is 10.9 Å². The van der Waals surface area contributed by atoms with Crippen molar-refractivity contribution < 1.29 is 19.0 Å². The lowest BCUT2D eigenvalue weighted by atomic mass is 9.85. The second-order valence-corrected chi connectivity index (χ2v) is 10.3. The van der Waals surface area contributed by atoms with Gasteiger partial charge in [-0.05, 0) is 43.5 Å². The van der Waals surface area contributed by atoms with E-state index in [0.29, 0.717) is 41.8 Å². The van der Waals surface area contributed by atoms with Gasteiger partial charge in [0.1, 0.15) is 18.1 Å². The van der Waals surface area contributed by atoms with Gasteiger partial charge in [0.05, 0.1) is 30.1 Å². The lowest BCUT2D eigenvalue weighted by molar-refractivity contribution is -0.198. The van der Waals surface area contributed by atoms with Crippen molar-refractivity contribution in [2.75, 3.05) is 6.73 Å². The molecule has 0 saturated heterocycles. The molecule has 3 aliphatic heterocycles. The Balaban J connectivity index is 1.36. The Labute approximate surface area is 202 Å². The fourth-order valence-electron chi connectivity index (χ4n) is 6.38. The van der Waals surface area contributed by atoms with Crippen LogP contribution in [0.15, 0.2) is 29.1 Å². The third-order valence-corrected chi connectivity index (χ3v) is 8.46. The van der Waals surface area contributed by atoms with E-state index in [1.807, 2.05) is 12.1 Å². The Morgan fingerprint density at radius 3 is 2.83 bits per heavy atom. The molecule has 1 saturated carbocycles. The quantitative estimate of drug-likeness (QED) is 0.471. The van der Waals surface area contributed by atoms with Gasteiger partial charge in [-0.15, -0.1) is 0 Å². The topological polar surface area (TPSA) is 76.8 Å². The van der Waals surface area contributed by atoms with Crippen molar-refractivity contribution in [1.29, 1.82) is 0 Å². The summed E-state index contributed by atoms with van der Waals surface area (Å²) in [6.07, 6.45) is 3.21. The summed E-state index contributed by atoms with van der Waals surface area (Å²) < 4.78 is 27.5. The first-order valence-electron chi connectivity index (χ1n) is 12.6. The molecular weight excluding hydrogens is 449 g/mol. The normalized spacial score (nSPS) is 25.7. The molecule has 182 valence electrons. The summed E-state index contributed by atoms with van der Waals surface area (Å²) in [5.74, 6) is 0.899. The lowest BCUT2D eigenvalue weighted by Gasteiger charge is -2.36. The van der Waals surface area contributed by atoms with Crippen molar-refractivity contribution in [1.82, 2.24) is 14.5 Å². The molecule has 1 aromatic carbocycles. The van der Waals surface area contributed by atoms with Crippen LogP contribution in [0.2, 0.25) is 0 Å². The van der Waals surface area contributed by atoms with E-state index in [1.54, 1.807) is 17.6 Å². The Morgan fingerprint density at radius 1 is 1.20 bits per heavy atom. The van der Waals surface area contributed by atoms with Crippen molar-refractivity contribution in [2.24, 2.45) is 0 Å². The second kappa shape index (κ2) is 7.59. The average molecular weight is 478 g/mol. The molecule has 4 aliphatic rings. The van der Waals surface area contributed by atoms with E-state index in [1.165, 1.54) is 25.7 Å². The highest BCUT2D eigenvalue weighted by molar-refractivity contribution is 5.88. The molecule has 0 bridgehead atoms. The van der Waals surface area contributed by atoms with E-state index in [4.69, 9.17) is 14.5 Å². The van der Waals surface area contributed by atoms with Crippen LogP contribution in [-0.2, 0) is 30.0 Å². The van der Waals surface area contributed by atoms with E-state index in [-0.39, 0.29) is 18.6 Å². The summed E-state index contributed by atoms with van der Waals surface area (Å²) in [5, 5.41) is 12.1. The molecule has 8 heteroatoms. The molecule has 2 aromatic heterocycles. The molecule has 0 spiro atoms. The highest BCUT2D eigenvalue weighted by Gasteiger charge is 2.45. The number of hydrogen-bond acceptors (Lipinski definition) is 6. The van der Waals surface area contributed by atoms with Crippen LogP contribution in [0.3, 0.4) is 0 Å². The summed E-state index contributed by atoms with van der Waals surface area (Å²) in [6.45, 7) is 3.38. The third-order valence-electron chi connectivity index (χ3n) is 8.46. The number of benzene rings is 1. The van der Waals surface area contributed by atoms with Gasteiger partial charge in [0.2, 0.25) is 6.36 Å². The van der Waals surface area contributed by atoms with Gasteiger partial charge in [-0.1, -0.05) is 19.8 Å². The molecule has 1 N–H and O–H groups in total. The summed E-state index contributed by atoms with van der Waals surface area (Å²) in [4.78, 5) is 20.8. The van der Waals surface area contributed by atoms with Crippen molar-refractivity contribution in [3.8, 4) is 17.1 Å². The van der Waals surface area contributed by atoms with E-state index in [2.05, 4.69) is 11.0 Å². The number of halogens is 1. The van der Waals surface area contributed by atoms with Gasteiger partial charge in [0.25, 0.3) is 5.56 Å². The summed E-state index contributed by atoms with van der Waals surface area (Å²) >= 11 is 0. The number of pyridine rings is 2. The van der Waals surface area contributed by atoms with E-state index in [0.717, 1.165) is 34.3 Å². The first kappa shape index (κ1) is 21.5. The second-order valence-electron chi connectivity index (χ2n) is 10.3. The van der Waals surface area contributed by atoms with Gasteiger partial charge in [-0.2, -0.15) is 0 Å². The van der Waals surface area contributed by atoms with Crippen molar-refractivity contribution in [3.63, 3.8) is 0 Å². The van der Waals surface area contributed by atoms with Crippen LogP contribution in [0, 0.1) is 0 Å². The van der Waals surface area contributed by atoms with Gasteiger partial charge in [-0.3, -0.25) is 9.69 Å². The minimum atomic E-state index is -1.87. The summed E-state index contributed by atoms with van der Waals surface area (Å²) in [7, 11) is 0. The Hall–Kier alpha value is -2.81. The maximum absolute atomic E-state index is 14.6. The molecule has 35 heavy (non-hydrogen) atoms. The highest BCUT2D eigenvalue weighted by Crippen LogP contribution is 2.42.